The number of nitrogens with zero attached hydrogens (tertiary/aromatic N) is 2. The number of ether oxygens (including phenoxy) is 1. The fraction of sp³-hybridized carbons (Fsp3) is 0.276. The SMILES string of the molecule is COC(=O)c1ccccc1CN1CC2=CCCN2[C@H](C(c2ccccc2)c2ccccc2)C1. The minimum absolute atomic E-state index is 0.271. The van der Waals surface area contributed by atoms with Crippen LogP contribution in [0.5, 0.6) is 0 Å². The van der Waals surface area contributed by atoms with E-state index in [2.05, 4.69) is 76.5 Å². The summed E-state index contributed by atoms with van der Waals surface area (Å²) in [6, 6.07) is 29.9. The zero-order valence-corrected chi connectivity index (χ0v) is 19.1. The molecule has 0 spiro atoms. The van der Waals surface area contributed by atoms with Gasteiger partial charge in [-0.05, 0) is 29.2 Å². The fourth-order valence-electron chi connectivity index (χ4n) is 5.39. The van der Waals surface area contributed by atoms with Gasteiger partial charge in [-0.25, -0.2) is 4.79 Å². The Bertz CT molecular complexity index is 1090. The van der Waals surface area contributed by atoms with E-state index in [-0.39, 0.29) is 11.9 Å². The quantitative estimate of drug-likeness (QED) is 0.503. The topological polar surface area (TPSA) is 32.8 Å². The molecule has 0 N–H and O–H groups in total. The molecule has 2 aliphatic heterocycles. The molecule has 33 heavy (non-hydrogen) atoms. The van der Waals surface area contributed by atoms with Crippen LogP contribution in [0.1, 0.15) is 39.4 Å². The Morgan fingerprint density at radius 1 is 0.939 bits per heavy atom. The molecule has 5 rings (SSSR count). The average Bonchev–Trinajstić information content (AvgIpc) is 3.34. The van der Waals surface area contributed by atoms with Crippen molar-refractivity contribution in [3.05, 3.63) is 119 Å². The van der Waals surface area contributed by atoms with Crippen LogP contribution >= 0.6 is 0 Å². The van der Waals surface area contributed by atoms with Gasteiger partial charge >= 0.3 is 5.97 Å². The van der Waals surface area contributed by atoms with Gasteiger partial charge < -0.3 is 9.64 Å². The Morgan fingerprint density at radius 3 is 2.24 bits per heavy atom. The number of esters is 1. The number of fused-ring (bicyclic) bond motifs is 1. The van der Waals surface area contributed by atoms with Crippen molar-refractivity contribution >= 4 is 5.97 Å². The molecule has 2 heterocycles. The van der Waals surface area contributed by atoms with Gasteiger partial charge in [0, 0.05) is 37.8 Å². The largest absolute Gasteiger partial charge is 0.465 e. The smallest absolute Gasteiger partial charge is 0.338 e. The Morgan fingerprint density at radius 2 is 1.58 bits per heavy atom. The van der Waals surface area contributed by atoms with E-state index in [1.54, 1.807) is 0 Å². The first-order valence-corrected chi connectivity index (χ1v) is 11.7. The van der Waals surface area contributed by atoms with Crippen LogP contribution in [-0.4, -0.2) is 48.6 Å². The third kappa shape index (κ3) is 4.44. The molecule has 4 heteroatoms. The third-order valence-electron chi connectivity index (χ3n) is 6.87. The van der Waals surface area contributed by atoms with Crippen molar-refractivity contribution in [1.82, 2.24) is 9.80 Å². The Hall–Kier alpha value is -3.37. The van der Waals surface area contributed by atoms with E-state index in [1.807, 2.05) is 24.3 Å². The second-order valence-corrected chi connectivity index (χ2v) is 8.86. The summed E-state index contributed by atoms with van der Waals surface area (Å²) in [6.07, 6.45) is 3.48. The van der Waals surface area contributed by atoms with Crippen molar-refractivity contribution < 1.29 is 9.53 Å². The van der Waals surface area contributed by atoms with Crippen molar-refractivity contribution in [1.29, 1.82) is 0 Å². The predicted octanol–water partition coefficient (Wildman–Crippen LogP) is 5.08. The van der Waals surface area contributed by atoms with E-state index in [0.29, 0.717) is 11.6 Å². The Balaban J connectivity index is 1.49. The summed E-state index contributed by atoms with van der Waals surface area (Å²) in [7, 11) is 1.45. The molecule has 3 aromatic rings. The maximum atomic E-state index is 12.3. The molecule has 0 saturated carbocycles. The van der Waals surface area contributed by atoms with Gasteiger partial charge in [-0.1, -0.05) is 84.9 Å². The highest BCUT2D eigenvalue weighted by molar-refractivity contribution is 5.90. The van der Waals surface area contributed by atoms with Gasteiger partial charge in [0.25, 0.3) is 0 Å². The summed E-state index contributed by atoms with van der Waals surface area (Å²) in [5, 5.41) is 0. The van der Waals surface area contributed by atoms with Crippen LogP contribution in [-0.2, 0) is 11.3 Å². The summed E-state index contributed by atoms with van der Waals surface area (Å²) in [4.78, 5) is 17.4. The summed E-state index contributed by atoms with van der Waals surface area (Å²) in [6.45, 7) is 3.63. The van der Waals surface area contributed by atoms with Crippen molar-refractivity contribution in [3.63, 3.8) is 0 Å². The first-order valence-electron chi connectivity index (χ1n) is 11.7. The second kappa shape index (κ2) is 9.63. The highest BCUT2D eigenvalue weighted by Crippen LogP contribution is 2.37. The number of carbonyl (C=O) groups excluding carboxylic acids is 1. The number of hydrogen-bond acceptors (Lipinski definition) is 4. The summed E-state index contributed by atoms with van der Waals surface area (Å²) in [5.41, 5.74) is 5.76. The van der Waals surface area contributed by atoms with Crippen LogP contribution in [0.15, 0.2) is 96.7 Å². The molecule has 0 radical (unpaired) electrons. The summed E-state index contributed by atoms with van der Waals surface area (Å²) < 4.78 is 5.03. The van der Waals surface area contributed by atoms with Gasteiger partial charge in [-0.15, -0.1) is 0 Å². The first-order chi connectivity index (χ1) is 16.2. The molecule has 0 amide bonds. The molecular weight excluding hydrogens is 408 g/mol. The highest BCUT2D eigenvalue weighted by Gasteiger charge is 2.38. The molecule has 168 valence electrons. The number of carbonyl (C=O) groups is 1. The monoisotopic (exact) mass is 438 g/mol. The second-order valence-electron chi connectivity index (χ2n) is 8.86. The zero-order valence-electron chi connectivity index (χ0n) is 19.1. The van der Waals surface area contributed by atoms with Gasteiger partial charge in [0.05, 0.1) is 18.7 Å². The number of hydrogen-bond donors (Lipinski definition) is 0. The van der Waals surface area contributed by atoms with Crippen molar-refractivity contribution in [3.8, 4) is 0 Å². The maximum absolute atomic E-state index is 12.3. The van der Waals surface area contributed by atoms with Crippen molar-refractivity contribution in [2.24, 2.45) is 0 Å². The lowest BCUT2D eigenvalue weighted by molar-refractivity contribution is 0.0596. The Kier molecular flexibility index (Phi) is 6.27. The molecule has 1 atom stereocenters. The molecule has 1 saturated heterocycles. The minimum Gasteiger partial charge on any atom is -0.465 e. The Labute approximate surface area is 196 Å². The molecule has 0 aromatic heterocycles. The molecule has 3 aromatic carbocycles. The molecule has 4 nitrogen and oxygen atoms in total. The van der Waals surface area contributed by atoms with Crippen LogP contribution < -0.4 is 0 Å². The van der Waals surface area contributed by atoms with Crippen LogP contribution in [0.4, 0.5) is 0 Å². The van der Waals surface area contributed by atoms with E-state index in [4.69, 9.17) is 4.74 Å². The molecule has 0 unspecified atom stereocenters. The lowest BCUT2D eigenvalue weighted by atomic mass is 9.83. The minimum atomic E-state index is -0.271. The van der Waals surface area contributed by atoms with E-state index >= 15 is 0 Å². The lowest BCUT2D eigenvalue weighted by Crippen LogP contribution is -2.52. The average molecular weight is 439 g/mol. The van der Waals surface area contributed by atoms with Crippen molar-refractivity contribution in [2.75, 3.05) is 26.7 Å². The predicted molar refractivity (Wildman–Crippen MR) is 131 cm³/mol. The van der Waals surface area contributed by atoms with Crippen LogP contribution in [0.3, 0.4) is 0 Å². The highest BCUT2D eigenvalue weighted by atomic mass is 16.5. The van der Waals surface area contributed by atoms with E-state index in [1.165, 1.54) is 23.9 Å². The lowest BCUT2D eigenvalue weighted by Gasteiger charge is -2.46. The van der Waals surface area contributed by atoms with Crippen LogP contribution in [0, 0.1) is 0 Å². The summed E-state index contributed by atoms with van der Waals surface area (Å²) >= 11 is 0. The van der Waals surface area contributed by atoms with E-state index in [0.717, 1.165) is 38.2 Å². The maximum Gasteiger partial charge on any atom is 0.338 e. The summed E-state index contributed by atoms with van der Waals surface area (Å²) in [5.74, 6) is -0.000124. The van der Waals surface area contributed by atoms with E-state index < -0.39 is 0 Å². The van der Waals surface area contributed by atoms with Crippen LogP contribution in [0.25, 0.3) is 0 Å². The van der Waals surface area contributed by atoms with Gasteiger partial charge in [-0.2, -0.15) is 0 Å². The number of benzene rings is 3. The molecular formula is C29H30N2O2. The normalized spacial score (nSPS) is 18.2. The standard InChI is InChI=1S/C29H30N2O2/c1-33-29(32)26-17-9-8-15-24(26)19-30-20-25-16-10-18-31(25)27(21-30)28(22-11-4-2-5-12-22)23-13-6-3-7-14-23/h2-9,11-17,27-28H,10,18-21H2,1H3/t27-/m0/s1. The van der Waals surface area contributed by atoms with Crippen LogP contribution in [0.2, 0.25) is 0 Å². The molecule has 0 aliphatic carbocycles. The molecule has 1 fully saturated rings. The molecule has 2 aliphatic rings. The van der Waals surface area contributed by atoms with Gasteiger partial charge in [0.1, 0.15) is 0 Å². The van der Waals surface area contributed by atoms with Crippen molar-refractivity contribution in [2.45, 2.75) is 24.9 Å². The van der Waals surface area contributed by atoms with Gasteiger partial charge in [0.2, 0.25) is 0 Å². The van der Waals surface area contributed by atoms with E-state index in [9.17, 15) is 4.79 Å². The zero-order chi connectivity index (χ0) is 22.6. The molecule has 0 bridgehead atoms. The number of rotatable bonds is 6. The fourth-order valence-corrected chi connectivity index (χ4v) is 5.39. The number of piperazine rings is 1. The number of methoxy groups -OCH3 is 1. The van der Waals surface area contributed by atoms with Gasteiger partial charge in [-0.3, -0.25) is 4.90 Å². The first kappa shape index (κ1) is 21.5. The van der Waals surface area contributed by atoms with Gasteiger partial charge in [0.15, 0.2) is 0 Å². The third-order valence-corrected chi connectivity index (χ3v) is 6.87.